The van der Waals surface area contributed by atoms with Gasteiger partial charge in [0.1, 0.15) is 0 Å². The smallest absolute Gasteiger partial charge is 0.357 e. The van der Waals surface area contributed by atoms with Crippen molar-refractivity contribution in [2.75, 3.05) is 13.2 Å². The molecule has 1 rings (SSSR count). The van der Waals surface area contributed by atoms with Gasteiger partial charge in [-0.15, -0.1) is 0 Å². The van der Waals surface area contributed by atoms with Gasteiger partial charge < -0.3 is 13.8 Å². The summed E-state index contributed by atoms with van der Waals surface area (Å²) in [7, 11) is -3.29. The Balaban J connectivity index is 3.02. The quantitative estimate of drug-likeness (QED) is 0.540. The largest absolute Gasteiger partial charge is 0.458 e. The monoisotopic (exact) mass is 315 g/mol. The van der Waals surface area contributed by atoms with Crippen LogP contribution >= 0.6 is 7.60 Å². The number of pyridine rings is 1. The molecule has 0 atom stereocenters. The van der Waals surface area contributed by atoms with Crippen LogP contribution < -0.4 is 0 Å². The lowest BCUT2D eigenvalue weighted by atomic mass is 10.2. The molecule has 0 fully saturated rings. The molecular formula is C14H22NO5P. The van der Waals surface area contributed by atoms with Gasteiger partial charge in [0.2, 0.25) is 0 Å². The van der Waals surface area contributed by atoms with E-state index in [1.165, 1.54) is 6.20 Å². The first kappa shape index (κ1) is 17.8. The molecule has 118 valence electrons. The minimum absolute atomic E-state index is 0.00888. The van der Waals surface area contributed by atoms with Crippen molar-refractivity contribution in [1.82, 2.24) is 4.98 Å². The Labute approximate surface area is 125 Å². The lowest BCUT2D eigenvalue weighted by Gasteiger charge is -2.18. The number of rotatable bonds is 8. The second-order valence-corrected chi connectivity index (χ2v) is 6.62. The van der Waals surface area contributed by atoms with Gasteiger partial charge in [-0.1, -0.05) is 6.07 Å². The molecule has 0 spiro atoms. The summed E-state index contributed by atoms with van der Waals surface area (Å²) in [5.74, 6) is -0.542. The molecule has 0 amide bonds. The first-order valence-electron chi connectivity index (χ1n) is 6.94. The number of carbonyl (C=O) groups excluding carboxylic acids is 1. The number of aromatic nitrogens is 1. The van der Waals surface area contributed by atoms with Crippen molar-refractivity contribution in [3.05, 3.63) is 29.6 Å². The van der Waals surface area contributed by atoms with E-state index in [0.29, 0.717) is 5.56 Å². The Morgan fingerprint density at radius 1 is 1.29 bits per heavy atom. The third-order valence-electron chi connectivity index (χ3n) is 2.44. The van der Waals surface area contributed by atoms with Gasteiger partial charge in [-0.3, -0.25) is 4.57 Å². The summed E-state index contributed by atoms with van der Waals surface area (Å²) >= 11 is 0. The molecule has 21 heavy (non-hydrogen) atoms. The van der Waals surface area contributed by atoms with Gasteiger partial charge in [-0.2, -0.15) is 0 Å². The SMILES string of the molecule is CCOP(=O)(Cc1cccnc1C(=O)OC(C)C)OCC. The average Bonchev–Trinajstić information content (AvgIpc) is 2.38. The summed E-state index contributed by atoms with van der Waals surface area (Å²) in [6.45, 7) is 7.52. The summed E-state index contributed by atoms with van der Waals surface area (Å²) in [4.78, 5) is 16.1. The molecule has 0 bridgehead atoms. The van der Waals surface area contributed by atoms with E-state index in [2.05, 4.69) is 4.98 Å². The van der Waals surface area contributed by atoms with Crippen LogP contribution in [-0.2, 0) is 24.5 Å². The maximum atomic E-state index is 12.6. The highest BCUT2D eigenvalue weighted by Crippen LogP contribution is 2.51. The molecule has 1 heterocycles. The molecule has 0 unspecified atom stereocenters. The molecule has 1 aromatic heterocycles. The van der Waals surface area contributed by atoms with Crippen LogP contribution in [-0.4, -0.2) is 30.3 Å². The zero-order chi connectivity index (χ0) is 15.9. The van der Waals surface area contributed by atoms with Crippen molar-refractivity contribution in [3.63, 3.8) is 0 Å². The fraction of sp³-hybridized carbons (Fsp3) is 0.571. The summed E-state index contributed by atoms with van der Waals surface area (Å²) in [5, 5.41) is 0. The minimum Gasteiger partial charge on any atom is -0.458 e. The molecule has 0 saturated carbocycles. The molecule has 0 radical (unpaired) electrons. The predicted molar refractivity (Wildman–Crippen MR) is 79.4 cm³/mol. The van der Waals surface area contributed by atoms with Gasteiger partial charge in [0.25, 0.3) is 0 Å². The van der Waals surface area contributed by atoms with Gasteiger partial charge in [-0.25, -0.2) is 9.78 Å². The number of hydrogen-bond donors (Lipinski definition) is 0. The lowest BCUT2D eigenvalue weighted by molar-refractivity contribution is 0.0370. The molecule has 0 N–H and O–H groups in total. The molecule has 6 nitrogen and oxygen atoms in total. The van der Waals surface area contributed by atoms with Crippen LogP contribution in [0.1, 0.15) is 43.7 Å². The standard InChI is InChI=1S/C14H22NO5P/c1-5-18-21(17,19-6-2)10-12-8-7-9-15-13(12)14(16)20-11(3)4/h7-9,11H,5-6,10H2,1-4H3. The van der Waals surface area contributed by atoms with Crippen LogP contribution in [0.2, 0.25) is 0 Å². The Hall–Kier alpha value is -1.23. The van der Waals surface area contributed by atoms with Crippen LogP contribution in [0.4, 0.5) is 0 Å². The number of ether oxygens (including phenoxy) is 1. The van der Waals surface area contributed by atoms with Gasteiger partial charge in [0, 0.05) is 6.20 Å². The number of esters is 1. The fourth-order valence-electron chi connectivity index (χ4n) is 1.75. The highest BCUT2D eigenvalue weighted by Gasteiger charge is 2.27. The van der Waals surface area contributed by atoms with Gasteiger partial charge >= 0.3 is 13.6 Å². The Morgan fingerprint density at radius 2 is 1.90 bits per heavy atom. The topological polar surface area (TPSA) is 74.7 Å². The van der Waals surface area contributed by atoms with Crippen LogP contribution in [0, 0.1) is 0 Å². The second kappa shape index (κ2) is 8.27. The average molecular weight is 315 g/mol. The number of hydrogen-bond acceptors (Lipinski definition) is 6. The summed E-state index contributed by atoms with van der Waals surface area (Å²) < 4.78 is 28.2. The summed E-state index contributed by atoms with van der Waals surface area (Å²) in [6.07, 6.45) is 1.23. The minimum atomic E-state index is -3.29. The Bertz CT molecular complexity index is 508. The van der Waals surface area contributed by atoms with Crippen LogP contribution in [0.25, 0.3) is 0 Å². The fourth-order valence-corrected chi connectivity index (χ4v) is 3.47. The first-order chi connectivity index (χ1) is 9.91. The van der Waals surface area contributed by atoms with Crippen molar-refractivity contribution in [2.24, 2.45) is 0 Å². The molecular weight excluding hydrogens is 293 g/mol. The van der Waals surface area contributed by atoms with Crippen molar-refractivity contribution in [2.45, 2.75) is 40.0 Å². The third-order valence-corrected chi connectivity index (χ3v) is 4.47. The Morgan fingerprint density at radius 3 is 2.43 bits per heavy atom. The van der Waals surface area contributed by atoms with E-state index in [0.717, 1.165) is 0 Å². The predicted octanol–water partition coefficient (Wildman–Crippen LogP) is 3.41. The molecule has 0 aliphatic rings. The highest BCUT2D eigenvalue weighted by molar-refractivity contribution is 7.53. The zero-order valence-corrected chi connectivity index (χ0v) is 13.8. The van der Waals surface area contributed by atoms with E-state index >= 15 is 0 Å². The van der Waals surface area contributed by atoms with Crippen molar-refractivity contribution in [3.8, 4) is 0 Å². The van der Waals surface area contributed by atoms with Gasteiger partial charge in [0.05, 0.1) is 25.5 Å². The van der Waals surface area contributed by atoms with Crippen molar-refractivity contribution >= 4 is 13.6 Å². The van der Waals surface area contributed by atoms with Crippen molar-refractivity contribution in [1.29, 1.82) is 0 Å². The van der Waals surface area contributed by atoms with Gasteiger partial charge in [-0.05, 0) is 39.3 Å². The third kappa shape index (κ3) is 5.58. The molecule has 1 aromatic rings. The number of nitrogens with zero attached hydrogens (tertiary/aromatic N) is 1. The van der Waals surface area contributed by atoms with Gasteiger partial charge in [0.15, 0.2) is 5.69 Å². The van der Waals surface area contributed by atoms with E-state index in [1.54, 1.807) is 39.8 Å². The molecule has 0 aliphatic carbocycles. The summed E-state index contributed by atoms with van der Waals surface area (Å²) in [5.41, 5.74) is 0.638. The van der Waals surface area contributed by atoms with Crippen LogP contribution in [0.5, 0.6) is 0 Å². The number of carbonyl (C=O) groups is 1. The van der Waals surface area contributed by atoms with Crippen LogP contribution in [0.15, 0.2) is 18.3 Å². The van der Waals surface area contributed by atoms with E-state index in [-0.39, 0.29) is 31.2 Å². The van der Waals surface area contributed by atoms with E-state index in [9.17, 15) is 9.36 Å². The highest BCUT2D eigenvalue weighted by atomic mass is 31.2. The molecule has 0 aromatic carbocycles. The first-order valence-corrected chi connectivity index (χ1v) is 8.67. The molecule has 0 saturated heterocycles. The zero-order valence-electron chi connectivity index (χ0n) is 12.9. The van der Waals surface area contributed by atoms with E-state index in [1.807, 2.05) is 0 Å². The molecule has 7 heteroatoms. The van der Waals surface area contributed by atoms with E-state index < -0.39 is 13.6 Å². The van der Waals surface area contributed by atoms with Crippen molar-refractivity contribution < 1.29 is 23.1 Å². The maximum absolute atomic E-state index is 12.6. The maximum Gasteiger partial charge on any atom is 0.357 e. The lowest BCUT2D eigenvalue weighted by Crippen LogP contribution is -2.15. The second-order valence-electron chi connectivity index (χ2n) is 4.57. The summed E-state index contributed by atoms with van der Waals surface area (Å²) in [6, 6.07) is 3.35. The van der Waals surface area contributed by atoms with E-state index in [4.69, 9.17) is 13.8 Å². The Kier molecular flexibility index (Phi) is 7.02. The van der Waals surface area contributed by atoms with Crippen LogP contribution in [0.3, 0.4) is 0 Å². The molecule has 0 aliphatic heterocycles. The normalized spacial score (nSPS) is 11.7.